The van der Waals surface area contributed by atoms with E-state index >= 15 is 0 Å². The lowest BCUT2D eigenvalue weighted by atomic mass is 10.1. The summed E-state index contributed by atoms with van der Waals surface area (Å²) in [7, 11) is 0. The van der Waals surface area contributed by atoms with Crippen molar-refractivity contribution in [2.24, 2.45) is 0 Å². The van der Waals surface area contributed by atoms with Gasteiger partial charge in [-0.3, -0.25) is 0 Å². The van der Waals surface area contributed by atoms with Crippen LogP contribution in [0.25, 0.3) is 16.8 Å². The van der Waals surface area contributed by atoms with Gasteiger partial charge in [-0.05, 0) is 56.2 Å². The number of fused-ring (bicyclic) bond motifs is 1. The molecule has 0 spiro atoms. The molecule has 0 atom stereocenters. The number of halogens is 1. The van der Waals surface area contributed by atoms with Crippen molar-refractivity contribution >= 4 is 24.1 Å². The number of amides is 1. The van der Waals surface area contributed by atoms with E-state index in [1.54, 1.807) is 11.1 Å². The number of ether oxygens (including phenoxy) is 2. The van der Waals surface area contributed by atoms with E-state index in [1.807, 2.05) is 49.7 Å². The summed E-state index contributed by atoms with van der Waals surface area (Å²) < 4.78 is 13.6. The lowest BCUT2D eigenvalue weighted by Crippen LogP contribution is -2.44. The fraction of sp³-hybridized carbons (Fsp3) is 0.391. The van der Waals surface area contributed by atoms with Gasteiger partial charge in [0.25, 0.3) is 0 Å². The molecule has 0 bridgehead atoms. The smallest absolute Gasteiger partial charge is 0.410 e. The quantitative estimate of drug-likeness (QED) is 0.574. The van der Waals surface area contributed by atoms with Crippen LogP contribution in [0.4, 0.5) is 4.79 Å². The molecule has 1 fully saturated rings. The van der Waals surface area contributed by atoms with Crippen LogP contribution in [0, 0.1) is 0 Å². The third kappa shape index (κ3) is 5.25. The summed E-state index contributed by atoms with van der Waals surface area (Å²) in [6, 6.07) is 12.3. The Kier molecular flexibility index (Phi) is 6.56. The number of rotatable bonds is 3. The van der Waals surface area contributed by atoms with E-state index in [1.165, 1.54) is 0 Å². The molecule has 1 aromatic carbocycles. The predicted octanol–water partition coefficient (Wildman–Crippen LogP) is 5.20. The van der Waals surface area contributed by atoms with Crippen LogP contribution in [0.2, 0.25) is 0 Å². The zero-order valence-corrected chi connectivity index (χ0v) is 18.4. The van der Waals surface area contributed by atoms with Crippen molar-refractivity contribution < 1.29 is 14.3 Å². The van der Waals surface area contributed by atoms with Crippen LogP contribution >= 0.6 is 12.4 Å². The SMILES string of the molecule is CC(C)(C)OC(=O)N1CCC(Oc2ccc(-c3ccn4ccnc4c3)cc2)CC1.Cl. The third-order valence-corrected chi connectivity index (χ3v) is 4.98. The second kappa shape index (κ2) is 8.96. The normalized spacial score (nSPS) is 15.0. The fourth-order valence-corrected chi connectivity index (χ4v) is 3.49. The molecule has 4 rings (SSSR count). The molecule has 1 saturated heterocycles. The number of pyridine rings is 1. The monoisotopic (exact) mass is 429 g/mol. The maximum absolute atomic E-state index is 12.2. The molecule has 7 heteroatoms. The maximum atomic E-state index is 12.2. The zero-order valence-electron chi connectivity index (χ0n) is 17.6. The van der Waals surface area contributed by atoms with E-state index < -0.39 is 5.60 Å². The van der Waals surface area contributed by atoms with Crippen molar-refractivity contribution in [2.75, 3.05) is 13.1 Å². The van der Waals surface area contributed by atoms with E-state index in [0.29, 0.717) is 13.1 Å². The first-order valence-corrected chi connectivity index (χ1v) is 10.1. The highest BCUT2D eigenvalue weighted by atomic mass is 35.5. The van der Waals surface area contributed by atoms with Gasteiger partial charge in [0, 0.05) is 44.5 Å². The summed E-state index contributed by atoms with van der Waals surface area (Å²) in [6.45, 7) is 6.97. The Morgan fingerprint density at radius 2 is 1.73 bits per heavy atom. The van der Waals surface area contributed by atoms with Crippen LogP contribution in [-0.4, -0.2) is 45.2 Å². The summed E-state index contributed by atoms with van der Waals surface area (Å²) >= 11 is 0. The van der Waals surface area contributed by atoms with E-state index in [2.05, 4.69) is 29.2 Å². The van der Waals surface area contributed by atoms with Crippen LogP contribution in [0.5, 0.6) is 5.75 Å². The average molecular weight is 430 g/mol. The molecule has 1 aliphatic heterocycles. The number of aromatic nitrogens is 2. The Morgan fingerprint density at radius 3 is 2.40 bits per heavy atom. The van der Waals surface area contributed by atoms with Gasteiger partial charge in [-0.15, -0.1) is 12.4 Å². The van der Waals surface area contributed by atoms with Gasteiger partial charge in [-0.1, -0.05) is 12.1 Å². The molecule has 1 amide bonds. The number of carbonyl (C=O) groups excluding carboxylic acids is 1. The number of benzene rings is 1. The number of piperidine rings is 1. The minimum absolute atomic E-state index is 0. The molecule has 1 aliphatic rings. The molecule has 6 nitrogen and oxygen atoms in total. The Labute approximate surface area is 183 Å². The minimum atomic E-state index is -0.464. The van der Waals surface area contributed by atoms with Crippen molar-refractivity contribution in [3.63, 3.8) is 0 Å². The summed E-state index contributed by atoms with van der Waals surface area (Å²) in [5.41, 5.74) is 2.72. The summed E-state index contributed by atoms with van der Waals surface area (Å²) in [4.78, 5) is 18.3. The summed E-state index contributed by atoms with van der Waals surface area (Å²) in [6.07, 6.45) is 7.22. The van der Waals surface area contributed by atoms with Gasteiger partial charge in [0.1, 0.15) is 23.1 Å². The Morgan fingerprint density at radius 1 is 1.03 bits per heavy atom. The number of nitrogens with zero attached hydrogens (tertiary/aromatic N) is 3. The fourth-order valence-electron chi connectivity index (χ4n) is 3.49. The lowest BCUT2D eigenvalue weighted by Gasteiger charge is -2.33. The second-order valence-corrected chi connectivity index (χ2v) is 8.42. The lowest BCUT2D eigenvalue weighted by molar-refractivity contribution is 0.0126. The van der Waals surface area contributed by atoms with Crippen LogP contribution in [-0.2, 0) is 4.74 Å². The first kappa shape index (κ1) is 22.0. The highest BCUT2D eigenvalue weighted by Crippen LogP contribution is 2.25. The first-order valence-electron chi connectivity index (χ1n) is 10.1. The third-order valence-electron chi connectivity index (χ3n) is 4.98. The van der Waals surface area contributed by atoms with Crippen molar-refractivity contribution in [2.45, 2.75) is 45.3 Å². The minimum Gasteiger partial charge on any atom is -0.490 e. The second-order valence-electron chi connectivity index (χ2n) is 8.42. The van der Waals surface area contributed by atoms with Gasteiger partial charge in [-0.25, -0.2) is 9.78 Å². The van der Waals surface area contributed by atoms with Gasteiger partial charge in [0.15, 0.2) is 0 Å². The summed E-state index contributed by atoms with van der Waals surface area (Å²) in [5.74, 6) is 0.853. The molecule has 0 unspecified atom stereocenters. The van der Waals surface area contributed by atoms with E-state index in [9.17, 15) is 4.79 Å². The standard InChI is InChI=1S/C23H27N3O3.ClH/c1-23(2,3)29-22(27)26-13-9-20(10-14-26)28-19-6-4-17(5-7-19)18-8-12-25-15-11-24-21(25)16-18;/h4-8,11-12,15-16,20H,9-10,13-14H2,1-3H3;1H. The molecule has 160 valence electrons. The number of imidazole rings is 1. The average Bonchev–Trinajstić information content (AvgIpc) is 3.15. The molecule has 0 aliphatic carbocycles. The largest absolute Gasteiger partial charge is 0.490 e. The number of likely N-dealkylation sites (tertiary alicyclic amines) is 1. The highest BCUT2D eigenvalue weighted by Gasteiger charge is 2.27. The van der Waals surface area contributed by atoms with Crippen LogP contribution in [0.1, 0.15) is 33.6 Å². The first-order chi connectivity index (χ1) is 13.9. The molecule has 2 aromatic heterocycles. The van der Waals surface area contributed by atoms with Gasteiger partial charge in [0.05, 0.1) is 0 Å². The van der Waals surface area contributed by atoms with Gasteiger partial charge >= 0.3 is 6.09 Å². The van der Waals surface area contributed by atoms with Gasteiger partial charge in [0.2, 0.25) is 0 Å². The van der Waals surface area contributed by atoms with E-state index in [4.69, 9.17) is 9.47 Å². The van der Waals surface area contributed by atoms with Crippen molar-refractivity contribution in [1.29, 1.82) is 0 Å². The molecule has 3 heterocycles. The van der Waals surface area contributed by atoms with E-state index in [-0.39, 0.29) is 24.6 Å². The van der Waals surface area contributed by atoms with E-state index in [0.717, 1.165) is 35.4 Å². The molecular formula is C23H28ClN3O3. The molecular weight excluding hydrogens is 402 g/mol. The topological polar surface area (TPSA) is 56.1 Å². The number of carbonyl (C=O) groups is 1. The number of hydrogen-bond acceptors (Lipinski definition) is 4. The zero-order chi connectivity index (χ0) is 20.4. The van der Waals surface area contributed by atoms with Crippen LogP contribution < -0.4 is 4.74 Å². The highest BCUT2D eigenvalue weighted by molar-refractivity contribution is 5.85. The number of hydrogen-bond donors (Lipinski definition) is 0. The molecule has 0 N–H and O–H groups in total. The van der Waals surface area contributed by atoms with Crippen LogP contribution in [0.15, 0.2) is 55.0 Å². The molecule has 0 radical (unpaired) electrons. The molecule has 30 heavy (non-hydrogen) atoms. The van der Waals surface area contributed by atoms with Gasteiger partial charge in [-0.2, -0.15) is 0 Å². The van der Waals surface area contributed by atoms with Gasteiger partial charge < -0.3 is 18.8 Å². The molecule has 3 aromatic rings. The Balaban J connectivity index is 0.00000256. The summed E-state index contributed by atoms with van der Waals surface area (Å²) in [5, 5.41) is 0. The maximum Gasteiger partial charge on any atom is 0.410 e. The van der Waals surface area contributed by atoms with Crippen molar-refractivity contribution in [1.82, 2.24) is 14.3 Å². The van der Waals surface area contributed by atoms with Crippen molar-refractivity contribution in [3.05, 3.63) is 55.0 Å². The Bertz CT molecular complexity index is 987. The van der Waals surface area contributed by atoms with Crippen molar-refractivity contribution in [3.8, 4) is 16.9 Å². The predicted molar refractivity (Wildman–Crippen MR) is 119 cm³/mol. The molecule has 0 saturated carbocycles. The van der Waals surface area contributed by atoms with Crippen LogP contribution in [0.3, 0.4) is 0 Å². The Hall–Kier alpha value is -2.73.